The maximum atomic E-state index is 13.6. The third-order valence-electron chi connectivity index (χ3n) is 5.98. The van der Waals surface area contributed by atoms with E-state index in [0.29, 0.717) is 26.6 Å². The monoisotopic (exact) mass is 705 g/mol. The molecule has 0 heterocycles. The molecule has 0 saturated carbocycles. The Morgan fingerprint density at radius 1 is 0.930 bits per heavy atom. The van der Waals surface area contributed by atoms with Crippen molar-refractivity contribution in [3.63, 3.8) is 0 Å². The lowest BCUT2D eigenvalue weighted by Crippen LogP contribution is -2.39. The first-order valence-corrected chi connectivity index (χ1v) is 15.6. The van der Waals surface area contributed by atoms with Crippen molar-refractivity contribution in [2.24, 2.45) is 5.10 Å². The van der Waals surface area contributed by atoms with Crippen molar-refractivity contribution in [3.8, 4) is 17.2 Å². The fourth-order valence-electron chi connectivity index (χ4n) is 3.91. The molecule has 0 fully saturated rings. The van der Waals surface area contributed by atoms with E-state index in [0.717, 1.165) is 9.87 Å². The summed E-state index contributed by atoms with van der Waals surface area (Å²) in [6.45, 7) is -0.314. The lowest BCUT2D eigenvalue weighted by molar-refractivity contribution is -0.119. The van der Waals surface area contributed by atoms with Gasteiger partial charge >= 0.3 is 0 Å². The van der Waals surface area contributed by atoms with Crippen molar-refractivity contribution >= 4 is 67.0 Å². The van der Waals surface area contributed by atoms with Crippen LogP contribution in [-0.2, 0) is 21.4 Å². The van der Waals surface area contributed by atoms with Gasteiger partial charge in [-0.25, -0.2) is 13.8 Å². The predicted octanol–water partition coefficient (Wildman–Crippen LogP) is 6.70. The summed E-state index contributed by atoms with van der Waals surface area (Å²) < 4.78 is 45.6. The number of carbonyl (C=O) groups excluding carboxylic acids is 1. The Bertz CT molecular complexity index is 1720. The largest absolute Gasteiger partial charge is 0.495 e. The number of sulfonamides is 1. The SMILES string of the molecule is COc1ccc(Cl)cc1N(CC(=O)N/N=C\c1cc(Br)c(OCc2ccc(Cl)cc2)c(OC)c1)S(=O)(=O)c1ccccc1. The van der Waals surface area contributed by atoms with Gasteiger partial charge in [-0.05, 0) is 81.7 Å². The van der Waals surface area contributed by atoms with Crippen LogP contribution in [0.25, 0.3) is 0 Å². The molecule has 4 rings (SSSR count). The molecule has 43 heavy (non-hydrogen) atoms. The van der Waals surface area contributed by atoms with Crippen molar-refractivity contribution in [2.75, 3.05) is 25.1 Å². The molecule has 9 nitrogen and oxygen atoms in total. The summed E-state index contributed by atoms with van der Waals surface area (Å²) in [7, 11) is -1.28. The first-order chi connectivity index (χ1) is 20.6. The van der Waals surface area contributed by atoms with E-state index >= 15 is 0 Å². The molecule has 4 aromatic carbocycles. The topological polar surface area (TPSA) is 107 Å². The van der Waals surface area contributed by atoms with Gasteiger partial charge in [0, 0.05) is 10.0 Å². The summed E-state index contributed by atoms with van der Waals surface area (Å²) in [5.41, 5.74) is 3.98. The minimum atomic E-state index is -4.18. The van der Waals surface area contributed by atoms with Crippen LogP contribution in [0.5, 0.6) is 17.2 Å². The molecule has 0 aliphatic rings. The highest BCUT2D eigenvalue weighted by Gasteiger charge is 2.29. The standard InChI is InChI=1S/C30H26BrCl2N3O6S/c1-40-27-13-12-23(33)16-26(27)36(43(38,39)24-6-4-3-5-7-24)18-29(37)35-34-17-21-14-25(31)30(28(15-21)41-2)42-19-20-8-10-22(32)11-9-20/h3-17H,18-19H2,1-2H3,(H,35,37)/b34-17-. The van der Waals surface area contributed by atoms with E-state index in [1.807, 2.05) is 12.1 Å². The molecule has 0 bridgehead atoms. The molecule has 0 aliphatic heterocycles. The summed E-state index contributed by atoms with van der Waals surface area (Å²) in [6.07, 6.45) is 1.39. The fraction of sp³-hybridized carbons (Fsp3) is 0.133. The van der Waals surface area contributed by atoms with Gasteiger partial charge in [-0.1, -0.05) is 53.5 Å². The molecule has 1 amide bonds. The number of anilines is 1. The molecule has 0 aromatic heterocycles. The van der Waals surface area contributed by atoms with E-state index in [2.05, 4.69) is 26.5 Å². The van der Waals surface area contributed by atoms with Gasteiger partial charge in [-0.2, -0.15) is 5.10 Å². The molecule has 0 aliphatic carbocycles. The van der Waals surface area contributed by atoms with E-state index in [1.54, 1.807) is 48.5 Å². The molecule has 4 aromatic rings. The number of ether oxygens (including phenoxy) is 3. The molecule has 1 N–H and O–H groups in total. The molecule has 13 heteroatoms. The van der Waals surface area contributed by atoms with Crippen molar-refractivity contribution in [1.82, 2.24) is 5.43 Å². The summed E-state index contributed by atoms with van der Waals surface area (Å²) in [6, 6.07) is 22.9. The van der Waals surface area contributed by atoms with Crippen LogP contribution in [0.15, 0.2) is 99.4 Å². The van der Waals surface area contributed by atoms with Gasteiger partial charge in [0.15, 0.2) is 11.5 Å². The Morgan fingerprint density at radius 3 is 2.28 bits per heavy atom. The predicted molar refractivity (Wildman–Crippen MR) is 171 cm³/mol. The summed E-state index contributed by atoms with van der Waals surface area (Å²) in [5.74, 6) is 0.433. The second-order valence-electron chi connectivity index (χ2n) is 8.88. The van der Waals surface area contributed by atoms with Crippen LogP contribution in [0.1, 0.15) is 11.1 Å². The third kappa shape index (κ3) is 8.20. The zero-order chi connectivity index (χ0) is 31.0. The average Bonchev–Trinajstić information content (AvgIpc) is 3.00. The number of nitrogens with one attached hydrogen (secondary N) is 1. The van der Waals surface area contributed by atoms with Gasteiger partial charge in [0.2, 0.25) is 0 Å². The maximum Gasteiger partial charge on any atom is 0.264 e. The number of nitrogens with zero attached hydrogens (tertiary/aromatic N) is 2. The molecule has 224 valence electrons. The zero-order valence-corrected chi connectivity index (χ0v) is 26.9. The van der Waals surface area contributed by atoms with Crippen LogP contribution in [-0.4, -0.2) is 41.3 Å². The summed E-state index contributed by atoms with van der Waals surface area (Å²) >= 11 is 15.6. The number of hydrazone groups is 1. The van der Waals surface area contributed by atoms with E-state index in [1.165, 1.54) is 44.7 Å². The molecule has 0 unspecified atom stereocenters. The van der Waals surface area contributed by atoms with Crippen LogP contribution >= 0.6 is 39.1 Å². The highest BCUT2D eigenvalue weighted by Crippen LogP contribution is 2.37. The highest BCUT2D eigenvalue weighted by molar-refractivity contribution is 9.10. The number of hydrogen-bond donors (Lipinski definition) is 1. The Balaban J connectivity index is 1.52. The Labute approximate surface area is 268 Å². The number of amides is 1. The zero-order valence-electron chi connectivity index (χ0n) is 23.0. The van der Waals surface area contributed by atoms with Crippen molar-refractivity contribution in [2.45, 2.75) is 11.5 Å². The second kappa shape index (κ2) is 14.6. The van der Waals surface area contributed by atoms with Gasteiger partial charge in [0.1, 0.15) is 18.9 Å². The molecule has 0 spiro atoms. The van der Waals surface area contributed by atoms with Gasteiger partial charge in [-0.15, -0.1) is 0 Å². The highest BCUT2D eigenvalue weighted by atomic mass is 79.9. The molecule has 0 radical (unpaired) electrons. The molecule has 0 atom stereocenters. The van der Waals surface area contributed by atoms with Gasteiger partial charge in [-0.3, -0.25) is 9.10 Å². The van der Waals surface area contributed by atoms with Gasteiger partial charge in [0.05, 0.1) is 35.5 Å². The second-order valence-corrected chi connectivity index (χ2v) is 12.5. The number of benzene rings is 4. The van der Waals surface area contributed by atoms with Crippen LogP contribution in [0.3, 0.4) is 0 Å². The Kier molecular flexibility index (Phi) is 10.9. The number of methoxy groups -OCH3 is 2. The Hall–Kier alpha value is -3.77. The quantitative estimate of drug-likeness (QED) is 0.130. The number of hydrogen-bond acceptors (Lipinski definition) is 7. The maximum absolute atomic E-state index is 13.6. The van der Waals surface area contributed by atoms with Crippen LogP contribution in [0.4, 0.5) is 5.69 Å². The van der Waals surface area contributed by atoms with Gasteiger partial charge < -0.3 is 14.2 Å². The van der Waals surface area contributed by atoms with Crippen LogP contribution in [0.2, 0.25) is 10.0 Å². The smallest absolute Gasteiger partial charge is 0.264 e. The van der Waals surface area contributed by atoms with E-state index in [-0.39, 0.29) is 28.0 Å². The van der Waals surface area contributed by atoms with Crippen LogP contribution in [0, 0.1) is 0 Å². The number of halogens is 3. The normalized spacial score (nSPS) is 11.3. The summed E-state index contributed by atoms with van der Waals surface area (Å²) in [5, 5.41) is 4.92. The molecular formula is C30H26BrCl2N3O6S. The van der Waals surface area contributed by atoms with Crippen molar-refractivity contribution in [1.29, 1.82) is 0 Å². The van der Waals surface area contributed by atoms with Gasteiger partial charge in [0.25, 0.3) is 15.9 Å². The minimum Gasteiger partial charge on any atom is -0.495 e. The van der Waals surface area contributed by atoms with Crippen molar-refractivity contribution in [3.05, 3.63) is 111 Å². The lowest BCUT2D eigenvalue weighted by Gasteiger charge is -2.25. The van der Waals surface area contributed by atoms with E-state index < -0.39 is 22.5 Å². The molecular weight excluding hydrogens is 681 g/mol. The summed E-state index contributed by atoms with van der Waals surface area (Å²) in [4.78, 5) is 13.0. The average molecular weight is 707 g/mol. The van der Waals surface area contributed by atoms with E-state index in [4.69, 9.17) is 37.4 Å². The van der Waals surface area contributed by atoms with Crippen LogP contribution < -0.4 is 23.9 Å². The number of carbonyl (C=O) groups is 1. The third-order valence-corrected chi connectivity index (χ3v) is 8.83. The lowest BCUT2D eigenvalue weighted by atomic mass is 10.2. The minimum absolute atomic E-state index is 0.0105. The Morgan fingerprint density at radius 2 is 1.60 bits per heavy atom. The first-order valence-electron chi connectivity index (χ1n) is 12.6. The number of rotatable bonds is 12. The molecule has 0 saturated heterocycles. The fourth-order valence-corrected chi connectivity index (χ4v) is 6.22. The first kappa shape index (κ1) is 32.2. The van der Waals surface area contributed by atoms with Crippen molar-refractivity contribution < 1.29 is 27.4 Å². The van der Waals surface area contributed by atoms with E-state index in [9.17, 15) is 13.2 Å².